The van der Waals surface area contributed by atoms with Crippen LogP contribution in [0.25, 0.3) is 17.0 Å². The predicted molar refractivity (Wildman–Crippen MR) is 159 cm³/mol. The molecule has 11 heteroatoms. The molecule has 0 aliphatic heterocycles. The van der Waals surface area contributed by atoms with E-state index in [4.69, 9.17) is 23.4 Å². The lowest BCUT2D eigenvalue weighted by molar-refractivity contribution is -0.385. The van der Waals surface area contributed by atoms with Crippen molar-refractivity contribution in [2.24, 2.45) is 5.92 Å². The smallest absolute Gasteiger partial charge is 0.286 e. The first kappa shape index (κ1) is 29.2. The molecule has 0 saturated carbocycles. The third kappa shape index (κ3) is 5.87. The van der Waals surface area contributed by atoms with Gasteiger partial charge in [-0.1, -0.05) is 18.2 Å². The van der Waals surface area contributed by atoms with Gasteiger partial charge in [-0.2, -0.15) is 0 Å². The number of carbonyl (C=O) groups excluding carboxylic acids is 2. The lowest BCUT2D eigenvalue weighted by Gasteiger charge is -2.18. The number of aryl methyl sites for hydroxylation is 1. The Morgan fingerprint density at radius 3 is 2.21 bits per heavy atom. The highest BCUT2D eigenvalue weighted by atomic mass is 16.6. The molecule has 1 atom stereocenters. The molecule has 1 unspecified atom stereocenters. The highest BCUT2D eigenvalue weighted by Crippen LogP contribution is 2.40. The second-order valence-electron chi connectivity index (χ2n) is 9.94. The van der Waals surface area contributed by atoms with Crippen molar-refractivity contribution in [3.05, 3.63) is 87.2 Å². The summed E-state index contributed by atoms with van der Waals surface area (Å²) in [5.41, 5.74) is 2.40. The third-order valence-corrected chi connectivity index (χ3v) is 7.51. The maximum Gasteiger partial charge on any atom is 0.286 e. The number of methoxy groups -OCH3 is 4. The van der Waals surface area contributed by atoms with Crippen molar-refractivity contribution < 1.29 is 37.9 Å². The molecular formula is C32H30N2O9. The van der Waals surface area contributed by atoms with Crippen LogP contribution in [-0.4, -0.2) is 45.1 Å². The number of hydrogen-bond acceptors (Lipinski definition) is 9. The number of anilines is 1. The van der Waals surface area contributed by atoms with Gasteiger partial charge in [-0.15, -0.1) is 0 Å². The summed E-state index contributed by atoms with van der Waals surface area (Å²) in [6.07, 6.45) is 5.20. The van der Waals surface area contributed by atoms with Crippen LogP contribution in [0.5, 0.6) is 23.0 Å². The van der Waals surface area contributed by atoms with E-state index in [1.165, 1.54) is 20.3 Å². The second-order valence-corrected chi connectivity index (χ2v) is 9.94. The number of nitrogens with one attached hydrogen (secondary N) is 1. The number of allylic oxidation sites excluding steroid dienone is 1. The molecule has 0 radical (unpaired) electrons. The van der Waals surface area contributed by atoms with Crippen molar-refractivity contribution >= 4 is 40.1 Å². The number of carbonyl (C=O) groups is 2. The Labute approximate surface area is 247 Å². The van der Waals surface area contributed by atoms with E-state index >= 15 is 0 Å². The topological polar surface area (TPSA) is 139 Å². The summed E-state index contributed by atoms with van der Waals surface area (Å²) in [6.45, 7) is 0. The van der Waals surface area contributed by atoms with E-state index in [-0.39, 0.29) is 28.8 Å². The lowest BCUT2D eigenvalue weighted by atomic mass is 9.84. The summed E-state index contributed by atoms with van der Waals surface area (Å²) >= 11 is 0. The van der Waals surface area contributed by atoms with Gasteiger partial charge in [0.15, 0.2) is 28.8 Å². The minimum atomic E-state index is -0.676. The average molecular weight is 587 g/mol. The molecule has 0 spiro atoms. The van der Waals surface area contributed by atoms with E-state index in [1.807, 2.05) is 12.1 Å². The minimum Gasteiger partial charge on any atom is -0.493 e. The van der Waals surface area contributed by atoms with Crippen molar-refractivity contribution in [1.29, 1.82) is 0 Å². The molecule has 222 valence electrons. The number of nitro benzene ring substituents is 1. The molecule has 1 heterocycles. The van der Waals surface area contributed by atoms with E-state index in [2.05, 4.69) is 5.32 Å². The average Bonchev–Trinajstić information content (AvgIpc) is 3.39. The van der Waals surface area contributed by atoms with Gasteiger partial charge in [0.05, 0.1) is 39.4 Å². The Morgan fingerprint density at radius 1 is 0.930 bits per heavy atom. The number of nitrogens with zero attached hydrogens (tertiary/aromatic N) is 1. The van der Waals surface area contributed by atoms with Crippen LogP contribution in [0.3, 0.4) is 0 Å². The number of amides is 1. The van der Waals surface area contributed by atoms with Gasteiger partial charge in [0.1, 0.15) is 16.9 Å². The number of rotatable bonds is 10. The largest absolute Gasteiger partial charge is 0.493 e. The van der Waals surface area contributed by atoms with Crippen molar-refractivity contribution in [3.8, 4) is 23.0 Å². The fourth-order valence-corrected chi connectivity index (χ4v) is 5.24. The zero-order chi connectivity index (χ0) is 30.7. The van der Waals surface area contributed by atoms with Crippen LogP contribution < -0.4 is 24.3 Å². The lowest BCUT2D eigenvalue weighted by Crippen LogP contribution is -2.20. The van der Waals surface area contributed by atoms with E-state index in [1.54, 1.807) is 50.6 Å². The van der Waals surface area contributed by atoms with E-state index in [9.17, 15) is 19.7 Å². The Hall–Kier alpha value is -5.32. The number of benzene rings is 3. The molecule has 11 nitrogen and oxygen atoms in total. The number of nitro groups is 1. The third-order valence-electron chi connectivity index (χ3n) is 7.51. The van der Waals surface area contributed by atoms with Gasteiger partial charge in [-0.05, 0) is 42.7 Å². The Bertz CT molecular complexity index is 1740. The molecule has 4 aromatic rings. The summed E-state index contributed by atoms with van der Waals surface area (Å²) in [6, 6.07) is 12.9. The molecule has 1 aliphatic carbocycles. The summed E-state index contributed by atoms with van der Waals surface area (Å²) in [5, 5.41) is 15.2. The predicted octanol–water partition coefficient (Wildman–Crippen LogP) is 6.02. The summed E-state index contributed by atoms with van der Waals surface area (Å²) in [7, 11) is 5.90. The minimum absolute atomic E-state index is 0.000547. The number of furan rings is 1. The highest BCUT2D eigenvalue weighted by Gasteiger charge is 2.29. The fraction of sp³-hybridized carbons (Fsp3) is 0.250. The van der Waals surface area contributed by atoms with Crippen LogP contribution >= 0.6 is 0 Å². The van der Waals surface area contributed by atoms with Crippen LogP contribution in [0.4, 0.5) is 11.4 Å². The molecule has 0 saturated heterocycles. The zero-order valence-corrected chi connectivity index (χ0v) is 24.1. The SMILES string of the molecule is COc1cc(C(=O)Nc2ccc(/C=C/C(=O)C3CCc4c(oc5cc(OC)c(OC)cc45)C3)cc2)c([N+](=O)[O-])cc1OC. The van der Waals surface area contributed by atoms with E-state index in [0.717, 1.165) is 28.3 Å². The molecule has 3 aromatic carbocycles. The number of ketones is 1. The summed E-state index contributed by atoms with van der Waals surface area (Å²) in [4.78, 5) is 36.9. The Balaban J connectivity index is 1.25. The standard InChI is InChI=1S/C32H30N2O9/c1-39-28-14-22-21-11-8-19(13-26(21)43-27(22)17-31(28)42-4)25(35)12-7-18-5-9-20(10-6-18)33-32(36)23-15-29(40-2)30(41-3)16-24(23)34(37)38/h5-7,9-10,12,14-17,19H,8,11,13H2,1-4H3,(H,33,36)/b12-7+. The number of hydrogen-bond donors (Lipinski definition) is 1. The van der Waals surface area contributed by atoms with Crippen molar-refractivity contribution in [2.75, 3.05) is 33.8 Å². The van der Waals surface area contributed by atoms with Crippen molar-refractivity contribution in [2.45, 2.75) is 19.3 Å². The van der Waals surface area contributed by atoms with E-state index in [0.29, 0.717) is 42.0 Å². The van der Waals surface area contributed by atoms with Gasteiger partial charge in [0, 0.05) is 41.1 Å². The van der Waals surface area contributed by atoms with Crippen LogP contribution in [0.2, 0.25) is 0 Å². The Morgan fingerprint density at radius 2 is 1.56 bits per heavy atom. The highest BCUT2D eigenvalue weighted by molar-refractivity contribution is 6.07. The molecular weight excluding hydrogens is 556 g/mol. The maximum atomic E-state index is 13.1. The molecule has 43 heavy (non-hydrogen) atoms. The maximum absolute atomic E-state index is 13.1. The quantitative estimate of drug-likeness (QED) is 0.134. The zero-order valence-electron chi connectivity index (χ0n) is 24.1. The van der Waals surface area contributed by atoms with Crippen LogP contribution in [0.1, 0.15) is 33.7 Å². The van der Waals surface area contributed by atoms with Crippen molar-refractivity contribution in [3.63, 3.8) is 0 Å². The van der Waals surface area contributed by atoms with Gasteiger partial charge in [0.2, 0.25) is 0 Å². The first-order valence-electron chi connectivity index (χ1n) is 13.5. The molecule has 5 rings (SSSR count). The van der Waals surface area contributed by atoms with Crippen LogP contribution in [-0.2, 0) is 17.6 Å². The van der Waals surface area contributed by atoms with Gasteiger partial charge in [0.25, 0.3) is 11.6 Å². The number of ether oxygens (including phenoxy) is 4. The normalized spacial score (nSPS) is 14.3. The van der Waals surface area contributed by atoms with Crippen molar-refractivity contribution in [1.82, 2.24) is 0 Å². The number of fused-ring (bicyclic) bond motifs is 3. The molecule has 0 bridgehead atoms. The van der Waals surface area contributed by atoms with Crippen LogP contribution in [0.15, 0.2) is 59.0 Å². The molecule has 0 fully saturated rings. The summed E-state index contributed by atoms with van der Waals surface area (Å²) in [5.74, 6) is 1.48. The van der Waals surface area contributed by atoms with Gasteiger partial charge < -0.3 is 28.7 Å². The first-order chi connectivity index (χ1) is 20.8. The first-order valence-corrected chi connectivity index (χ1v) is 13.5. The van der Waals surface area contributed by atoms with Gasteiger partial charge in [-0.3, -0.25) is 19.7 Å². The molecule has 1 aliphatic rings. The monoisotopic (exact) mass is 586 g/mol. The molecule has 1 amide bonds. The van der Waals surface area contributed by atoms with Crippen LogP contribution in [0, 0.1) is 16.0 Å². The summed E-state index contributed by atoms with van der Waals surface area (Å²) < 4.78 is 27.2. The van der Waals surface area contributed by atoms with Gasteiger partial charge >= 0.3 is 0 Å². The Kier molecular flexibility index (Phi) is 8.33. The molecule has 1 aromatic heterocycles. The van der Waals surface area contributed by atoms with E-state index < -0.39 is 16.5 Å². The second kappa shape index (κ2) is 12.3. The fourth-order valence-electron chi connectivity index (χ4n) is 5.24. The molecule has 1 N–H and O–H groups in total. The van der Waals surface area contributed by atoms with Gasteiger partial charge in [-0.25, -0.2) is 0 Å².